The van der Waals surface area contributed by atoms with Gasteiger partial charge in [0.2, 0.25) is 5.91 Å². The van der Waals surface area contributed by atoms with Crippen LogP contribution in [0.3, 0.4) is 0 Å². The van der Waals surface area contributed by atoms with E-state index < -0.39 is 11.5 Å². The fraction of sp³-hybridized carbons (Fsp3) is 0.409. The van der Waals surface area contributed by atoms with Crippen molar-refractivity contribution in [3.8, 4) is 0 Å². The highest BCUT2D eigenvalue weighted by Crippen LogP contribution is 2.42. The molecule has 1 aliphatic heterocycles. The number of halogens is 2. The van der Waals surface area contributed by atoms with Crippen molar-refractivity contribution >= 4 is 21.8 Å². The van der Waals surface area contributed by atoms with Crippen LogP contribution in [0.4, 0.5) is 4.39 Å². The summed E-state index contributed by atoms with van der Waals surface area (Å²) in [4.78, 5) is 15.0. The van der Waals surface area contributed by atoms with E-state index in [-0.39, 0.29) is 37.2 Å². The molecule has 0 aromatic heterocycles. The van der Waals surface area contributed by atoms with Crippen LogP contribution in [-0.4, -0.2) is 40.3 Å². The molecule has 1 amide bonds. The first-order valence-corrected chi connectivity index (χ1v) is 10.2. The van der Waals surface area contributed by atoms with Gasteiger partial charge in [-0.25, -0.2) is 4.39 Å². The zero-order valence-corrected chi connectivity index (χ0v) is 17.4. The summed E-state index contributed by atoms with van der Waals surface area (Å²) in [5.74, 6) is -0.342. The lowest BCUT2D eigenvalue weighted by Crippen LogP contribution is -2.48. The molecule has 1 fully saturated rings. The van der Waals surface area contributed by atoms with Gasteiger partial charge in [-0.2, -0.15) is 0 Å². The summed E-state index contributed by atoms with van der Waals surface area (Å²) in [6, 6.07) is 14.0. The number of amides is 1. The van der Waals surface area contributed by atoms with Crippen LogP contribution in [0, 0.1) is 5.82 Å². The number of nitrogens with zero attached hydrogens (tertiary/aromatic N) is 1. The van der Waals surface area contributed by atoms with Gasteiger partial charge in [0.1, 0.15) is 5.82 Å². The molecule has 150 valence electrons. The first-order chi connectivity index (χ1) is 13.3. The lowest BCUT2D eigenvalue weighted by molar-refractivity contribution is -0.139. The highest BCUT2D eigenvalue weighted by molar-refractivity contribution is 9.10. The number of benzene rings is 2. The lowest BCUT2D eigenvalue weighted by atomic mass is 9.68. The smallest absolute Gasteiger partial charge is 0.223 e. The Morgan fingerprint density at radius 1 is 1.18 bits per heavy atom. The predicted octanol–water partition coefficient (Wildman–Crippen LogP) is 3.95. The highest BCUT2D eigenvalue weighted by atomic mass is 79.9. The van der Waals surface area contributed by atoms with Gasteiger partial charge in [0.15, 0.2) is 0 Å². The van der Waals surface area contributed by atoms with E-state index in [4.69, 9.17) is 0 Å². The number of rotatable bonds is 6. The predicted molar refractivity (Wildman–Crippen MR) is 109 cm³/mol. The van der Waals surface area contributed by atoms with Gasteiger partial charge in [-0.3, -0.25) is 4.79 Å². The van der Waals surface area contributed by atoms with Gasteiger partial charge >= 0.3 is 0 Å². The van der Waals surface area contributed by atoms with Gasteiger partial charge < -0.3 is 15.1 Å². The Hall–Kier alpha value is -1.76. The molecular weight excluding hydrogens is 425 g/mol. The maximum atomic E-state index is 13.4. The molecule has 3 rings (SSSR count). The topological polar surface area (TPSA) is 60.8 Å². The molecule has 1 heterocycles. The Morgan fingerprint density at radius 2 is 1.82 bits per heavy atom. The minimum Gasteiger partial charge on any atom is -0.394 e. The summed E-state index contributed by atoms with van der Waals surface area (Å²) in [5.41, 5.74) is 1.27. The second-order valence-corrected chi connectivity index (χ2v) is 8.48. The van der Waals surface area contributed by atoms with Gasteiger partial charge in [0, 0.05) is 22.9 Å². The summed E-state index contributed by atoms with van der Waals surface area (Å²) < 4.78 is 14.4. The maximum Gasteiger partial charge on any atom is 0.223 e. The van der Waals surface area contributed by atoms with Gasteiger partial charge in [-0.15, -0.1) is 0 Å². The van der Waals surface area contributed by atoms with Gasteiger partial charge in [0.25, 0.3) is 0 Å². The summed E-state index contributed by atoms with van der Waals surface area (Å²) in [7, 11) is 0. The van der Waals surface area contributed by atoms with Crippen LogP contribution in [-0.2, 0) is 10.2 Å². The summed E-state index contributed by atoms with van der Waals surface area (Å²) in [6.45, 7) is 2.18. The Balaban J connectivity index is 1.84. The molecule has 2 aromatic rings. The molecule has 0 aliphatic carbocycles. The summed E-state index contributed by atoms with van der Waals surface area (Å²) >= 11 is 3.43. The van der Waals surface area contributed by atoms with Crippen molar-refractivity contribution in [1.82, 2.24) is 4.90 Å². The molecule has 0 unspecified atom stereocenters. The number of aliphatic hydroxyl groups excluding tert-OH is 2. The van der Waals surface area contributed by atoms with E-state index in [9.17, 15) is 19.4 Å². The van der Waals surface area contributed by atoms with Crippen molar-refractivity contribution in [3.05, 3.63) is 69.9 Å². The zero-order chi connectivity index (χ0) is 20.3. The van der Waals surface area contributed by atoms with Gasteiger partial charge in [-0.05, 0) is 55.2 Å². The van der Waals surface area contributed by atoms with Crippen LogP contribution in [0.25, 0.3) is 0 Å². The lowest BCUT2D eigenvalue weighted by Gasteiger charge is -2.44. The van der Waals surface area contributed by atoms with Crippen molar-refractivity contribution in [3.63, 3.8) is 0 Å². The van der Waals surface area contributed by atoms with E-state index in [0.717, 1.165) is 15.6 Å². The van der Waals surface area contributed by atoms with E-state index in [0.29, 0.717) is 13.0 Å². The molecule has 6 heteroatoms. The Morgan fingerprint density at radius 3 is 2.39 bits per heavy atom. The van der Waals surface area contributed by atoms with Crippen LogP contribution in [0.5, 0.6) is 0 Å². The SMILES string of the molecule is C[C@@H](c1ccc(Br)cc1)N1CC[C@](C[C@@H](O)CO)(c2ccc(F)cc2)CC1=O. The summed E-state index contributed by atoms with van der Waals surface area (Å²) in [5, 5.41) is 19.4. The third-order valence-corrected chi connectivity index (χ3v) is 6.28. The Labute approximate surface area is 173 Å². The molecule has 0 spiro atoms. The average molecular weight is 450 g/mol. The first kappa shape index (κ1) is 21.0. The number of carbonyl (C=O) groups is 1. The van der Waals surface area contributed by atoms with E-state index >= 15 is 0 Å². The van der Waals surface area contributed by atoms with E-state index in [1.54, 1.807) is 12.1 Å². The second-order valence-electron chi connectivity index (χ2n) is 7.57. The molecule has 0 bridgehead atoms. The van der Waals surface area contributed by atoms with Crippen molar-refractivity contribution in [2.75, 3.05) is 13.2 Å². The number of aliphatic hydroxyl groups is 2. The molecule has 3 atom stereocenters. The van der Waals surface area contributed by atoms with Crippen LogP contribution in [0.15, 0.2) is 53.0 Å². The minimum absolute atomic E-state index is 0.00358. The van der Waals surface area contributed by atoms with Crippen molar-refractivity contribution in [1.29, 1.82) is 0 Å². The Bertz CT molecular complexity index is 812. The van der Waals surface area contributed by atoms with E-state index in [1.807, 2.05) is 36.1 Å². The molecule has 1 aliphatic rings. The van der Waals surface area contributed by atoms with E-state index in [2.05, 4.69) is 15.9 Å². The van der Waals surface area contributed by atoms with Gasteiger partial charge in [0.05, 0.1) is 18.8 Å². The average Bonchev–Trinajstić information content (AvgIpc) is 2.68. The molecular formula is C22H25BrFNO3. The minimum atomic E-state index is -0.923. The number of carbonyl (C=O) groups excluding carboxylic acids is 1. The second kappa shape index (κ2) is 8.72. The monoisotopic (exact) mass is 449 g/mol. The molecule has 2 N–H and O–H groups in total. The third-order valence-electron chi connectivity index (χ3n) is 5.75. The van der Waals surface area contributed by atoms with Crippen molar-refractivity contribution in [2.24, 2.45) is 0 Å². The molecule has 1 saturated heterocycles. The van der Waals surface area contributed by atoms with Crippen LogP contribution in [0.2, 0.25) is 0 Å². The number of hydrogen-bond acceptors (Lipinski definition) is 3. The highest BCUT2D eigenvalue weighted by Gasteiger charge is 2.42. The molecule has 4 nitrogen and oxygen atoms in total. The first-order valence-electron chi connectivity index (χ1n) is 9.44. The van der Waals surface area contributed by atoms with Crippen LogP contribution >= 0.6 is 15.9 Å². The fourth-order valence-electron chi connectivity index (χ4n) is 4.13. The number of piperidine rings is 1. The van der Waals surface area contributed by atoms with Gasteiger partial charge in [-0.1, -0.05) is 40.2 Å². The fourth-order valence-corrected chi connectivity index (χ4v) is 4.39. The normalized spacial score (nSPS) is 22.2. The largest absolute Gasteiger partial charge is 0.394 e. The summed E-state index contributed by atoms with van der Waals surface area (Å²) in [6.07, 6.45) is 0.202. The quantitative estimate of drug-likeness (QED) is 0.701. The van der Waals surface area contributed by atoms with Crippen LogP contribution < -0.4 is 0 Å². The molecule has 28 heavy (non-hydrogen) atoms. The van der Waals surface area contributed by atoms with Crippen LogP contribution in [0.1, 0.15) is 43.4 Å². The Kier molecular flexibility index (Phi) is 6.53. The maximum absolute atomic E-state index is 13.4. The molecule has 2 aromatic carbocycles. The number of likely N-dealkylation sites (tertiary alicyclic amines) is 1. The van der Waals surface area contributed by atoms with Crippen molar-refractivity contribution < 1.29 is 19.4 Å². The standard InChI is InChI=1S/C22H25BrFNO3/c1-15(16-2-6-18(23)7-3-16)25-11-10-22(13-21(25)28,12-20(27)14-26)17-4-8-19(24)9-5-17/h2-9,15,20,26-27H,10-14H2,1H3/t15-,20+,22+/m0/s1. The van der Waals surface area contributed by atoms with Crippen molar-refractivity contribution in [2.45, 2.75) is 43.7 Å². The number of hydrogen-bond donors (Lipinski definition) is 2. The molecule has 0 radical (unpaired) electrons. The zero-order valence-electron chi connectivity index (χ0n) is 15.8. The third kappa shape index (κ3) is 4.45. The van der Waals surface area contributed by atoms with E-state index in [1.165, 1.54) is 12.1 Å². The molecule has 0 saturated carbocycles.